The number of hydrogen-bond acceptors (Lipinski definition) is 2. The highest BCUT2D eigenvalue weighted by atomic mass is 19.4. The van der Waals surface area contributed by atoms with Crippen LogP contribution in [-0.4, -0.2) is 17.5 Å². The molecule has 0 aliphatic rings. The highest BCUT2D eigenvalue weighted by molar-refractivity contribution is 5.52. The van der Waals surface area contributed by atoms with Crippen LogP contribution in [0.5, 0.6) is 0 Å². The summed E-state index contributed by atoms with van der Waals surface area (Å²) in [6.07, 6.45) is -11.8. The maximum Gasteiger partial charge on any atom is 0.430 e. The smallest absolute Gasteiger partial charge is 0.399 e. The average molecular weight is 273 g/mol. The molecule has 0 heterocycles. The van der Waals surface area contributed by atoms with E-state index in [0.717, 1.165) is 19.1 Å². The number of hydrogen-bond donors (Lipinski definition) is 2. The normalized spacial score (nSPS) is 13.8. The maximum atomic E-state index is 12.6. The number of aliphatic hydroxyl groups is 1. The molecule has 18 heavy (non-hydrogen) atoms. The van der Waals surface area contributed by atoms with Gasteiger partial charge in [0.2, 0.25) is 0 Å². The van der Waals surface area contributed by atoms with Gasteiger partial charge in [0.1, 0.15) is 0 Å². The number of anilines is 1. The number of rotatable bonds is 1. The largest absolute Gasteiger partial charge is 0.430 e. The van der Waals surface area contributed by atoms with Gasteiger partial charge in [-0.05, 0) is 18.6 Å². The molecule has 0 saturated heterocycles. The summed E-state index contributed by atoms with van der Waals surface area (Å²) in [5.41, 5.74) is -1.72. The monoisotopic (exact) mass is 273 g/mol. The van der Waals surface area contributed by atoms with Gasteiger partial charge in [0.15, 0.2) is 0 Å². The van der Waals surface area contributed by atoms with Crippen LogP contribution in [0.25, 0.3) is 0 Å². The van der Waals surface area contributed by atoms with Crippen LogP contribution in [-0.2, 0) is 5.60 Å². The molecule has 0 spiro atoms. The van der Waals surface area contributed by atoms with Crippen LogP contribution >= 0.6 is 0 Å². The Labute approximate surface area is 98.0 Å². The van der Waals surface area contributed by atoms with E-state index < -0.39 is 29.1 Å². The lowest BCUT2D eigenvalue weighted by molar-refractivity contribution is -0.376. The van der Waals surface area contributed by atoms with E-state index in [9.17, 15) is 26.3 Å². The molecule has 0 aliphatic heterocycles. The van der Waals surface area contributed by atoms with Gasteiger partial charge in [0.25, 0.3) is 5.60 Å². The molecular weight excluding hydrogens is 264 g/mol. The van der Waals surface area contributed by atoms with Gasteiger partial charge in [-0.3, -0.25) is 0 Å². The number of halogens is 6. The summed E-state index contributed by atoms with van der Waals surface area (Å²) in [4.78, 5) is 0. The van der Waals surface area contributed by atoms with Gasteiger partial charge < -0.3 is 10.8 Å². The fourth-order valence-electron chi connectivity index (χ4n) is 1.51. The minimum Gasteiger partial charge on any atom is -0.399 e. The van der Waals surface area contributed by atoms with Gasteiger partial charge in [-0.2, -0.15) is 26.3 Å². The van der Waals surface area contributed by atoms with Gasteiger partial charge >= 0.3 is 12.4 Å². The number of alkyl halides is 6. The molecule has 2 nitrogen and oxygen atoms in total. The molecule has 0 bridgehead atoms. The second-order valence-corrected chi connectivity index (χ2v) is 3.73. The quantitative estimate of drug-likeness (QED) is 0.610. The topological polar surface area (TPSA) is 46.2 Å². The van der Waals surface area contributed by atoms with E-state index in [0.29, 0.717) is 6.07 Å². The van der Waals surface area contributed by atoms with Crippen molar-refractivity contribution in [2.45, 2.75) is 24.9 Å². The Kier molecular flexibility index (Phi) is 3.28. The van der Waals surface area contributed by atoms with Crippen molar-refractivity contribution in [3.05, 3.63) is 29.3 Å². The van der Waals surface area contributed by atoms with E-state index in [1.807, 2.05) is 0 Å². The van der Waals surface area contributed by atoms with Crippen LogP contribution in [0.2, 0.25) is 0 Å². The highest BCUT2D eigenvalue weighted by Crippen LogP contribution is 2.51. The summed E-state index contributed by atoms with van der Waals surface area (Å²) in [6.45, 7) is 0.979. The molecule has 0 aliphatic carbocycles. The number of benzene rings is 1. The van der Waals surface area contributed by atoms with Gasteiger partial charge in [-0.1, -0.05) is 12.1 Å². The maximum absolute atomic E-state index is 12.6. The predicted octanol–water partition coefficient (Wildman–Crippen LogP) is 2.89. The molecule has 8 heteroatoms. The van der Waals surface area contributed by atoms with E-state index in [1.165, 1.54) is 0 Å². The van der Waals surface area contributed by atoms with Gasteiger partial charge in [0.05, 0.1) is 0 Å². The van der Waals surface area contributed by atoms with Crippen LogP contribution in [0.4, 0.5) is 32.0 Å². The van der Waals surface area contributed by atoms with Crippen molar-refractivity contribution in [3.63, 3.8) is 0 Å². The molecule has 0 radical (unpaired) electrons. The Balaban J connectivity index is 3.61. The number of nitrogen functional groups attached to an aromatic ring is 1. The van der Waals surface area contributed by atoms with Crippen molar-refractivity contribution in [1.29, 1.82) is 0 Å². The Bertz CT molecular complexity index is 437. The molecule has 1 aromatic rings. The SMILES string of the molecule is Cc1c(N)cccc1C(O)(C(F)(F)F)C(F)(F)F. The molecule has 1 rings (SSSR count). The second-order valence-electron chi connectivity index (χ2n) is 3.73. The third-order valence-electron chi connectivity index (χ3n) is 2.59. The first-order valence-electron chi connectivity index (χ1n) is 4.64. The number of nitrogens with two attached hydrogens (primary N) is 1. The van der Waals surface area contributed by atoms with Crippen LogP contribution in [0, 0.1) is 6.92 Å². The summed E-state index contributed by atoms with van der Waals surface area (Å²) in [5, 5.41) is 9.16. The molecule has 0 unspecified atom stereocenters. The van der Waals surface area contributed by atoms with Gasteiger partial charge in [-0.25, -0.2) is 0 Å². The summed E-state index contributed by atoms with van der Waals surface area (Å²) < 4.78 is 75.5. The van der Waals surface area contributed by atoms with Gasteiger partial charge in [-0.15, -0.1) is 0 Å². The van der Waals surface area contributed by atoms with Crippen LogP contribution < -0.4 is 5.73 Å². The molecule has 0 amide bonds. The minimum atomic E-state index is -5.90. The summed E-state index contributed by atoms with van der Waals surface area (Å²) in [5.74, 6) is 0. The van der Waals surface area contributed by atoms with Crippen molar-refractivity contribution in [3.8, 4) is 0 Å². The van der Waals surface area contributed by atoms with E-state index in [1.54, 1.807) is 0 Å². The van der Waals surface area contributed by atoms with E-state index in [2.05, 4.69) is 0 Å². The van der Waals surface area contributed by atoms with E-state index in [-0.39, 0.29) is 5.69 Å². The van der Waals surface area contributed by atoms with Crippen LogP contribution in [0.15, 0.2) is 18.2 Å². The summed E-state index contributed by atoms with van der Waals surface area (Å²) in [7, 11) is 0. The van der Waals surface area contributed by atoms with Crippen molar-refractivity contribution < 1.29 is 31.4 Å². The Morgan fingerprint density at radius 3 is 1.83 bits per heavy atom. The Morgan fingerprint density at radius 2 is 1.44 bits per heavy atom. The van der Waals surface area contributed by atoms with E-state index >= 15 is 0 Å². The highest BCUT2D eigenvalue weighted by Gasteiger charge is 2.71. The zero-order valence-corrected chi connectivity index (χ0v) is 9.02. The lowest BCUT2D eigenvalue weighted by Gasteiger charge is -2.33. The third-order valence-corrected chi connectivity index (χ3v) is 2.59. The summed E-state index contributed by atoms with van der Waals surface area (Å²) >= 11 is 0. The van der Waals surface area contributed by atoms with E-state index in [4.69, 9.17) is 10.8 Å². The van der Waals surface area contributed by atoms with Crippen molar-refractivity contribution >= 4 is 5.69 Å². The predicted molar refractivity (Wildman–Crippen MR) is 51.6 cm³/mol. The van der Waals surface area contributed by atoms with Crippen LogP contribution in [0.1, 0.15) is 11.1 Å². The third kappa shape index (κ3) is 2.00. The molecule has 3 N–H and O–H groups in total. The Morgan fingerprint density at radius 1 is 1.00 bits per heavy atom. The molecule has 102 valence electrons. The first kappa shape index (κ1) is 14.6. The fraction of sp³-hybridized carbons (Fsp3) is 0.400. The first-order valence-corrected chi connectivity index (χ1v) is 4.64. The first-order chi connectivity index (χ1) is 7.93. The van der Waals surface area contributed by atoms with Crippen molar-refractivity contribution in [2.75, 3.05) is 5.73 Å². The zero-order valence-electron chi connectivity index (χ0n) is 9.02. The summed E-state index contributed by atoms with van der Waals surface area (Å²) in [6, 6.07) is 2.61. The minimum absolute atomic E-state index is 0.264. The molecule has 0 atom stereocenters. The molecular formula is C10H9F6NO. The van der Waals surface area contributed by atoms with Crippen molar-refractivity contribution in [1.82, 2.24) is 0 Å². The molecule has 0 saturated carbocycles. The fourth-order valence-corrected chi connectivity index (χ4v) is 1.51. The molecule has 0 fully saturated rings. The standard InChI is InChI=1S/C10H9F6NO/c1-5-6(3-2-4-7(5)17)8(18,9(11,12)13)10(14,15)16/h2-4,18H,17H2,1H3. The van der Waals surface area contributed by atoms with Crippen LogP contribution in [0.3, 0.4) is 0 Å². The Hall–Kier alpha value is -1.44. The second kappa shape index (κ2) is 4.04. The average Bonchev–Trinajstić information content (AvgIpc) is 2.17. The molecule has 0 aromatic heterocycles. The lowest BCUT2D eigenvalue weighted by Crippen LogP contribution is -2.54. The van der Waals surface area contributed by atoms with Gasteiger partial charge in [0, 0.05) is 11.3 Å². The lowest BCUT2D eigenvalue weighted by atomic mass is 9.88. The zero-order chi connectivity index (χ0) is 14.4. The molecule has 1 aromatic carbocycles. The van der Waals surface area contributed by atoms with Crippen molar-refractivity contribution in [2.24, 2.45) is 0 Å².